The zero-order valence-electron chi connectivity index (χ0n) is 23.8. The maximum Gasteiger partial charge on any atom is 0.244 e. The number of carbonyl (C=O) groups is 2. The maximum absolute atomic E-state index is 14.1. The summed E-state index contributed by atoms with van der Waals surface area (Å²) in [4.78, 5) is 29.2. The summed E-state index contributed by atoms with van der Waals surface area (Å²) in [7, 11) is -2.31. The van der Waals surface area contributed by atoms with Crippen LogP contribution < -0.4 is 14.4 Å². The fourth-order valence-electron chi connectivity index (χ4n) is 4.35. The van der Waals surface area contributed by atoms with Gasteiger partial charge in [-0.05, 0) is 48.2 Å². The summed E-state index contributed by atoms with van der Waals surface area (Å²) in [5.74, 6) is 0.0182. The van der Waals surface area contributed by atoms with Gasteiger partial charge < -0.3 is 15.0 Å². The first-order valence-corrected chi connectivity index (χ1v) is 15.1. The fraction of sp³-hybridized carbons (Fsp3) is 0.355. The minimum Gasteiger partial charge on any atom is -0.497 e. The predicted molar refractivity (Wildman–Crippen MR) is 159 cm³/mol. The van der Waals surface area contributed by atoms with Crippen LogP contribution in [0.15, 0.2) is 78.9 Å². The molecule has 1 N–H and O–H groups in total. The normalized spacial score (nSPS) is 12.1. The third kappa shape index (κ3) is 8.84. The lowest BCUT2D eigenvalue weighted by molar-refractivity contribution is -0.140. The van der Waals surface area contributed by atoms with Crippen molar-refractivity contribution < 1.29 is 22.7 Å². The highest BCUT2D eigenvalue weighted by molar-refractivity contribution is 7.92. The molecule has 214 valence electrons. The van der Waals surface area contributed by atoms with Crippen LogP contribution in [0.4, 0.5) is 5.69 Å². The molecule has 0 bridgehead atoms. The Bertz CT molecular complexity index is 1380. The van der Waals surface area contributed by atoms with Crippen LogP contribution in [0.5, 0.6) is 5.75 Å². The first kappa shape index (κ1) is 30.7. The number of nitrogens with zero attached hydrogens (tertiary/aromatic N) is 2. The van der Waals surface area contributed by atoms with Crippen molar-refractivity contribution in [2.75, 3.05) is 30.8 Å². The van der Waals surface area contributed by atoms with Gasteiger partial charge >= 0.3 is 0 Å². The van der Waals surface area contributed by atoms with Gasteiger partial charge in [0.15, 0.2) is 0 Å². The van der Waals surface area contributed by atoms with Crippen molar-refractivity contribution in [3.63, 3.8) is 0 Å². The van der Waals surface area contributed by atoms with Gasteiger partial charge in [-0.25, -0.2) is 8.42 Å². The molecular weight excluding hydrogens is 526 g/mol. The lowest BCUT2D eigenvalue weighted by Crippen LogP contribution is -2.53. The molecule has 40 heavy (non-hydrogen) atoms. The minimum atomic E-state index is -3.83. The van der Waals surface area contributed by atoms with Gasteiger partial charge in [0, 0.05) is 19.5 Å². The summed E-state index contributed by atoms with van der Waals surface area (Å²) >= 11 is 0. The highest BCUT2D eigenvalue weighted by Gasteiger charge is 2.33. The molecule has 3 aromatic rings. The second-order valence-electron chi connectivity index (χ2n) is 10.3. The number of aryl methyl sites for hydroxylation is 1. The first-order valence-electron chi connectivity index (χ1n) is 13.3. The van der Waals surface area contributed by atoms with E-state index in [9.17, 15) is 18.0 Å². The standard InChI is InChI=1S/C31H39N3O5S/c1-23(2)20-32-31(36)29(19-25-11-7-6-8-12-25)33(21-26-13-9-10-24(3)18-26)30(35)22-34(40(5,37)38)27-14-16-28(39-4)17-15-27/h6-18,23,29H,19-22H2,1-5H3,(H,32,36)/t29-/m0/s1. The van der Waals surface area contributed by atoms with Gasteiger partial charge in [0.2, 0.25) is 21.8 Å². The third-order valence-corrected chi connectivity index (χ3v) is 7.57. The molecule has 8 nitrogen and oxygen atoms in total. The van der Waals surface area contributed by atoms with Crippen molar-refractivity contribution in [2.45, 2.75) is 39.8 Å². The molecule has 0 heterocycles. The number of hydrogen-bond donors (Lipinski definition) is 1. The monoisotopic (exact) mass is 565 g/mol. The SMILES string of the molecule is COc1ccc(N(CC(=O)N(Cc2cccc(C)c2)[C@@H](Cc2ccccc2)C(=O)NCC(C)C)S(C)(=O)=O)cc1. The minimum absolute atomic E-state index is 0.146. The average molecular weight is 566 g/mol. The summed E-state index contributed by atoms with van der Waals surface area (Å²) in [5.41, 5.74) is 3.09. The van der Waals surface area contributed by atoms with Crippen LogP contribution in [0, 0.1) is 12.8 Å². The number of anilines is 1. The number of benzene rings is 3. The van der Waals surface area contributed by atoms with Gasteiger partial charge in [-0.2, -0.15) is 0 Å². The predicted octanol–water partition coefficient (Wildman–Crippen LogP) is 4.18. The van der Waals surface area contributed by atoms with Crippen molar-refractivity contribution in [1.29, 1.82) is 0 Å². The largest absolute Gasteiger partial charge is 0.497 e. The number of rotatable bonds is 13. The van der Waals surface area contributed by atoms with Crippen molar-refractivity contribution in [3.05, 3.63) is 95.6 Å². The van der Waals surface area contributed by atoms with Gasteiger partial charge in [0.1, 0.15) is 18.3 Å². The van der Waals surface area contributed by atoms with E-state index in [0.717, 1.165) is 27.3 Å². The topological polar surface area (TPSA) is 96.0 Å². The third-order valence-electron chi connectivity index (χ3n) is 6.43. The van der Waals surface area contributed by atoms with Crippen molar-refractivity contribution in [2.24, 2.45) is 5.92 Å². The first-order chi connectivity index (χ1) is 19.0. The molecule has 0 aromatic heterocycles. The number of hydrogen-bond acceptors (Lipinski definition) is 5. The van der Waals surface area contributed by atoms with E-state index in [1.807, 2.05) is 75.4 Å². The van der Waals surface area contributed by atoms with Gasteiger partial charge in [-0.15, -0.1) is 0 Å². The van der Waals surface area contributed by atoms with Gasteiger partial charge in [0.05, 0.1) is 19.1 Å². The van der Waals surface area contributed by atoms with E-state index < -0.39 is 28.5 Å². The van der Waals surface area contributed by atoms with Crippen molar-refractivity contribution in [1.82, 2.24) is 10.2 Å². The van der Waals surface area contributed by atoms with E-state index in [0.29, 0.717) is 18.0 Å². The van der Waals surface area contributed by atoms with E-state index in [1.165, 1.54) is 12.0 Å². The van der Waals surface area contributed by atoms with Crippen LogP contribution in [0.3, 0.4) is 0 Å². The molecule has 9 heteroatoms. The molecule has 0 aliphatic heterocycles. The molecule has 3 rings (SSSR count). The average Bonchev–Trinajstić information content (AvgIpc) is 2.92. The van der Waals surface area contributed by atoms with Gasteiger partial charge in [-0.1, -0.05) is 74.0 Å². The lowest BCUT2D eigenvalue weighted by atomic mass is 10.0. The zero-order chi connectivity index (χ0) is 29.3. The van der Waals surface area contributed by atoms with Gasteiger partial charge in [-0.3, -0.25) is 13.9 Å². The van der Waals surface area contributed by atoms with Crippen LogP contribution in [0.25, 0.3) is 0 Å². The van der Waals surface area contributed by atoms with Crippen molar-refractivity contribution >= 4 is 27.5 Å². The van der Waals surface area contributed by atoms with E-state index in [2.05, 4.69) is 5.32 Å². The highest BCUT2D eigenvalue weighted by Crippen LogP contribution is 2.23. The fourth-order valence-corrected chi connectivity index (χ4v) is 5.20. The summed E-state index contributed by atoms with van der Waals surface area (Å²) in [6, 6.07) is 22.8. The molecule has 0 aliphatic carbocycles. The molecule has 0 fully saturated rings. The van der Waals surface area contributed by atoms with Crippen LogP contribution >= 0.6 is 0 Å². The second-order valence-corrected chi connectivity index (χ2v) is 12.2. The molecule has 0 saturated heterocycles. The number of carbonyl (C=O) groups excluding carboxylic acids is 2. The molecule has 0 saturated carbocycles. The number of ether oxygens (including phenoxy) is 1. The summed E-state index contributed by atoms with van der Waals surface area (Å²) in [6.45, 7) is 6.11. The Morgan fingerprint density at radius 2 is 1.57 bits per heavy atom. The zero-order valence-corrected chi connectivity index (χ0v) is 24.6. The molecule has 0 aliphatic rings. The van der Waals surface area contributed by atoms with Crippen LogP contribution in [0.1, 0.15) is 30.5 Å². The Hall–Kier alpha value is -3.85. The Morgan fingerprint density at radius 1 is 0.925 bits per heavy atom. The molecule has 0 radical (unpaired) electrons. The lowest BCUT2D eigenvalue weighted by Gasteiger charge is -2.33. The Labute approximate surface area is 238 Å². The molecular formula is C31H39N3O5S. The quantitative estimate of drug-likeness (QED) is 0.336. The maximum atomic E-state index is 14.1. The smallest absolute Gasteiger partial charge is 0.244 e. The number of amides is 2. The molecule has 0 unspecified atom stereocenters. The van der Waals surface area contributed by atoms with E-state index in [1.54, 1.807) is 24.3 Å². The Kier molecular flexibility index (Phi) is 10.7. The Balaban J connectivity index is 2.03. The number of sulfonamides is 1. The van der Waals surface area contributed by atoms with E-state index >= 15 is 0 Å². The number of methoxy groups -OCH3 is 1. The highest BCUT2D eigenvalue weighted by atomic mass is 32.2. The van der Waals surface area contributed by atoms with E-state index in [4.69, 9.17) is 4.74 Å². The van der Waals surface area contributed by atoms with Crippen LogP contribution in [-0.2, 0) is 32.6 Å². The van der Waals surface area contributed by atoms with Crippen molar-refractivity contribution in [3.8, 4) is 5.75 Å². The summed E-state index contributed by atoms with van der Waals surface area (Å²) < 4.78 is 32.0. The Morgan fingerprint density at radius 3 is 2.15 bits per heavy atom. The van der Waals surface area contributed by atoms with Crippen LogP contribution in [0.2, 0.25) is 0 Å². The summed E-state index contributed by atoms with van der Waals surface area (Å²) in [5, 5.41) is 2.98. The molecule has 3 aromatic carbocycles. The van der Waals surface area contributed by atoms with Gasteiger partial charge in [0.25, 0.3) is 0 Å². The van der Waals surface area contributed by atoms with Crippen LogP contribution in [-0.4, -0.2) is 57.6 Å². The molecule has 1 atom stereocenters. The number of nitrogens with one attached hydrogen (secondary N) is 1. The summed E-state index contributed by atoms with van der Waals surface area (Å²) in [6.07, 6.45) is 1.34. The molecule has 2 amide bonds. The molecule has 0 spiro atoms. The van der Waals surface area contributed by atoms with E-state index in [-0.39, 0.29) is 24.8 Å². The second kappa shape index (κ2) is 14.0.